The van der Waals surface area contributed by atoms with Crippen LogP contribution in [-0.4, -0.2) is 36.5 Å². The standard InChI is InChI=1S/C15H18FN3O2/c1-2-17-15(21)19-9-7-11(8-10-19)14(20)18-13-6-4-3-5-12(13)16/h3-7H,2,8-10H2,1H3,(H,17,21)(H,18,20). The zero-order valence-corrected chi connectivity index (χ0v) is 11.9. The Balaban J connectivity index is 1.96. The molecule has 0 aliphatic carbocycles. The molecule has 2 rings (SSSR count). The summed E-state index contributed by atoms with van der Waals surface area (Å²) < 4.78 is 13.5. The summed E-state index contributed by atoms with van der Waals surface area (Å²) in [5, 5.41) is 5.26. The number of urea groups is 1. The summed E-state index contributed by atoms with van der Waals surface area (Å²) >= 11 is 0. The second kappa shape index (κ2) is 6.88. The number of carbonyl (C=O) groups is 2. The molecule has 1 aliphatic heterocycles. The molecule has 1 heterocycles. The van der Waals surface area contributed by atoms with Crippen LogP contribution in [0.5, 0.6) is 0 Å². The van der Waals surface area contributed by atoms with Crippen LogP contribution in [0.4, 0.5) is 14.9 Å². The lowest BCUT2D eigenvalue weighted by atomic mass is 10.1. The molecule has 1 aromatic carbocycles. The highest BCUT2D eigenvalue weighted by atomic mass is 19.1. The molecule has 0 saturated carbocycles. The molecule has 21 heavy (non-hydrogen) atoms. The fourth-order valence-corrected chi connectivity index (χ4v) is 2.09. The molecule has 0 radical (unpaired) electrons. The molecule has 3 amide bonds. The molecular formula is C15H18FN3O2. The Labute approximate surface area is 122 Å². The molecule has 6 heteroatoms. The lowest BCUT2D eigenvalue weighted by Crippen LogP contribution is -2.42. The topological polar surface area (TPSA) is 61.4 Å². The fraction of sp³-hybridized carbons (Fsp3) is 0.333. The number of benzene rings is 1. The first-order chi connectivity index (χ1) is 10.1. The summed E-state index contributed by atoms with van der Waals surface area (Å²) in [6.07, 6.45) is 2.16. The first kappa shape index (κ1) is 15.0. The lowest BCUT2D eigenvalue weighted by molar-refractivity contribution is -0.113. The number of hydrogen-bond acceptors (Lipinski definition) is 2. The van der Waals surface area contributed by atoms with Crippen LogP contribution in [0.25, 0.3) is 0 Å². The number of anilines is 1. The summed E-state index contributed by atoms with van der Waals surface area (Å²) in [6.45, 7) is 3.28. The Hall–Kier alpha value is -2.37. The summed E-state index contributed by atoms with van der Waals surface area (Å²) in [7, 11) is 0. The summed E-state index contributed by atoms with van der Waals surface area (Å²) in [6, 6.07) is 5.89. The summed E-state index contributed by atoms with van der Waals surface area (Å²) in [5.41, 5.74) is 0.730. The van der Waals surface area contributed by atoms with E-state index in [-0.39, 0.29) is 17.6 Å². The van der Waals surface area contributed by atoms with Gasteiger partial charge in [-0.25, -0.2) is 9.18 Å². The molecule has 0 fully saturated rings. The molecule has 1 aromatic rings. The quantitative estimate of drug-likeness (QED) is 0.896. The van der Waals surface area contributed by atoms with Crippen LogP contribution in [-0.2, 0) is 4.79 Å². The number of hydrogen-bond donors (Lipinski definition) is 2. The van der Waals surface area contributed by atoms with Crippen molar-refractivity contribution in [2.24, 2.45) is 0 Å². The molecule has 0 unspecified atom stereocenters. The predicted octanol–water partition coefficient (Wildman–Crippen LogP) is 2.13. The SMILES string of the molecule is CCNC(=O)N1CC=C(C(=O)Nc2ccccc2F)CC1. The van der Waals surface area contributed by atoms with Gasteiger partial charge >= 0.3 is 6.03 Å². The molecule has 0 bridgehead atoms. The molecule has 0 saturated heterocycles. The van der Waals surface area contributed by atoms with Crippen LogP contribution < -0.4 is 10.6 Å². The highest BCUT2D eigenvalue weighted by Crippen LogP contribution is 2.16. The van der Waals surface area contributed by atoms with Gasteiger partial charge < -0.3 is 15.5 Å². The normalized spacial score (nSPS) is 14.4. The van der Waals surface area contributed by atoms with Gasteiger partial charge in [-0.05, 0) is 25.5 Å². The number of nitrogens with zero attached hydrogens (tertiary/aromatic N) is 1. The van der Waals surface area contributed by atoms with E-state index in [4.69, 9.17) is 0 Å². The number of carbonyl (C=O) groups excluding carboxylic acids is 2. The number of rotatable bonds is 3. The van der Waals surface area contributed by atoms with Gasteiger partial charge in [0.1, 0.15) is 5.82 Å². The van der Waals surface area contributed by atoms with E-state index < -0.39 is 5.82 Å². The van der Waals surface area contributed by atoms with E-state index in [1.165, 1.54) is 12.1 Å². The van der Waals surface area contributed by atoms with Crippen molar-refractivity contribution >= 4 is 17.6 Å². The second-order valence-corrected chi connectivity index (χ2v) is 4.69. The van der Waals surface area contributed by atoms with Gasteiger partial charge in [-0.3, -0.25) is 4.79 Å². The van der Waals surface area contributed by atoms with Crippen LogP contribution in [0.15, 0.2) is 35.9 Å². The van der Waals surface area contributed by atoms with Crippen LogP contribution in [0.2, 0.25) is 0 Å². The Morgan fingerprint density at radius 3 is 2.71 bits per heavy atom. The molecular weight excluding hydrogens is 273 g/mol. The van der Waals surface area contributed by atoms with Crippen LogP contribution >= 0.6 is 0 Å². The van der Waals surface area contributed by atoms with Crippen molar-refractivity contribution in [1.82, 2.24) is 10.2 Å². The van der Waals surface area contributed by atoms with Crippen LogP contribution in [0.1, 0.15) is 13.3 Å². The minimum absolute atomic E-state index is 0.137. The monoisotopic (exact) mass is 291 g/mol. The maximum Gasteiger partial charge on any atom is 0.317 e. The van der Waals surface area contributed by atoms with Crippen molar-refractivity contribution in [2.75, 3.05) is 25.0 Å². The minimum atomic E-state index is -0.466. The van der Waals surface area contributed by atoms with Gasteiger partial charge in [0.2, 0.25) is 0 Å². The van der Waals surface area contributed by atoms with E-state index >= 15 is 0 Å². The Morgan fingerprint density at radius 2 is 2.10 bits per heavy atom. The van der Waals surface area contributed by atoms with Crippen molar-refractivity contribution in [3.8, 4) is 0 Å². The lowest BCUT2D eigenvalue weighted by Gasteiger charge is -2.26. The van der Waals surface area contributed by atoms with Crippen molar-refractivity contribution in [1.29, 1.82) is 0 Å². The summed E-state index contributed by atoms with van der Waals surface area (Å²) in [4.78, 5) is 25.3. The number of para-hydroxylation sites is 1. The maximum absolute atomic E-state index is 13.5. The molecule has 112 valence electrons. The smallest absolute Gasteiger partial charge is 0.317 e. The van der Waals surface area contributed by atoms with Gasteiger partial charge in [-0.15, -0.1) is 0 Å². The Morgan fingerprint density at radius 1 is 1.33 bits per heavy atom. The molecule has 5 nitrogen and oxygen atoms in total. The molecule has 0 spiro atoms. The fourth-order valence-electron chi connectivity index (χ4n) is 2.09. The average Bonchev–Trinajstić information content (AvgIpc) is 2.50. The average molecular weight is 291 g/mol. The van der Waals surface area contributed by atoms with Crippen molar-refractivity contribution in [3.63, 3.8) is 0 Å². The molecule has 2 N–H and O–H groups in total. The second-order valence-electron chi connectivity index (χ2n) is 4.69. The minimum Gasteiger partial charge on any atom is -0.338 e. The van der Waals surface area contributed by atoms with E-state index in [1.54, 1.807) is 23.1 Å². The van der Waals surface area contributed by atoms with Crippen LogP contribution in [0.3, 0.4) is 0 Å². The predicted molar refractivity (Wildman–Crippen MR) is 78.4 cm³/mol. The van der Waals surface area contributed by atoms with E-state index in [0.717, 1.165) is 0 Å². The third kappa shape index (κ3) is 3.81. The van der Waals surface area contributed by atoms with Gasteiger partial charge in [-0.2, -0.15) is 0 Å². The van der Waals surface area contributed by atoms with Gasteiger partial charge in [-0.1, -0.05) is 18.2 Å². The first-order valence-electron chi connectivity index (χ1n) is 6.89. The Kier molecular flexibility index (Phi) is 4.92. The maximum atomic E-state index is 13.5. The van der Waals surface area contributed by atoms with Gasteiger partial charge in [0, 0.05) is 25.2 Å². The van der Waals surface area contributed by atoms with Crippen molar-refractivity contribution in [2.45, 2.75) is 13.3 Å². The summed E-state index contributed by atoms with van der Waals surface area (Å²) in [5.74, 6) is -0.790. The molecule has 0 atom stereocenters. The number of halogens is 1. The van der Waals surface area contributed by atoms with Gasteiger partial charge in [0.05, 0.1) is 5.69 Å². The van der Waals surface area contributed by atoms with Gasteiger partial charge in [0.25, 0.3) is 5.91 Å². The highest BCUT2D eigenvalue weighted by molar-refractivity contribution is 6.04. The molecule has 0 aromatic heterocycles. The van der Waals surface area contributed by atoms with E-state index in [9.17, 15) is 14.0 Å². The number of amides is 3. The van der Waals surface area contributed by atoms with E-state index in [1.807, 2.05) is 6.92 Å². The van der Waals surface area contributed by atoms with Gasteiger partial charge in [0.15, 0.2) is 0 Å². The van der Waals surface area contributed by atoms with E-state index in [2.05, 4.69) is 10.6 Å². The van der Waals surface area contributed by atoms with Crippen molar-refractivity contribution in [3.05, 3.63) is 41.7 Å². The van der Waals surface area contributed by atoms with Crippen molar-refractivity contribution < 1.29 is 14.0 Å². The largest absolute Gasteiger partial charge is 0.338 e. The number of nitrogens with one attached hydrogen (secondary N) is 2. The third-order valence-corrected chi connectivity index (χ3v) is 3.24. The highest BCUT2D eigenvalue weighted by Gasteiger charge is 2.20. The Bertz CT molecular complexity index is 572. The molecule has 1 aliphatic rings. The first-order valence-corrected chi connectivity index (χ1v) is 6.89. The third-order valence-electron chi connectivity index (χ3n) is 3.24. The van der Waals surface area contributed by atoms with E-state index in [0.29, 0.717) is 31.6 Å². The zero-order valence-electron chi connectivity index (χ0n) is 11.9. The van der Waals surface area contributed by atoms with Crippen LogP contribution in [0, 0.1) is 5.82 Å². The zero-order chi connectivity index (χ0) is 15.2.